The van der Waals surface area contributed by atoms with Gasteiger partial charge in [0, 0.05) is 13.1 Å². The lowest BCUT2D eigenvalue weighted by Gasteiger charge is -2.16. The molecule has 0 aliphatic carbocycles. The number of amides is 2. The number of carbonyl (C=O) groups is 2. The molecule has 0 unspecified atom stereocenters. The maximum Gasteiger partial charge on any atom is 0.289 e. The molecule has 1 aliphatic heterocycles. The molecule has 0 fully saturated rings. The summed E-state index contributed by atoms with van der Waals surface area (Å²) in [5.74, 6) is -1.31. The largest absolute Gasteiger partial charge is 0.503 e. The number of unbranched alkanes of at least 4 members (excludes halogenated alkanes) is 1. The molecule has 1 heterocycles. The molecule has 2 aromatic carbocycles. The SMILES string of the molecule is O=C(NCCCc1ccc(Cl)c(Cl)c1)C1=C(O)C(=O)N(CCCCc2ccccc2)C1. The van der Waals surface area contributed by atoms with Crippen LogP contribution in [0, 0.1) is 0 Å². The zero-order valence-corrected chi connectivity index (χ0v) is 18.8. The molecule has 0 spiro atoms. The molecule has 0 atom stereocenters. The number of nitrogens with one attached hydrogen (secondary N) is 1. The number of aliphatic hydroxyl groups is 1. The van der Waals surface area contributed by atoms with Crippen molar-refractivity contribution in [2.24, 2.45) is 0 Å². The Kier molecular flexibility index (Phi) is 8.38. The van der Waals surface area contributed by atoms with Crippen molar-refractivity contribution < 1.29 is 14.7 Å². The molecule has 31 heavy (non-hydrogen) atoms. The number of aryl methyl sites for hydroxylation is 2. The molecule has 5 nitrogen and oxygen atoms in total. The summed E-state index contributed by atoms with van der Waals surface area (Å²) in [6, 6.07) is 15.6. The molecule has 2 aromatic rings. The van der Waals surface area contributed by atoms with E-state index >= 15 is 0 Å². The first kappa shape index (κ1) is 23.2. The number of hydrogen-bond donors (Lipinski definition) is 2. The molecule has 1 aliphatic rings. The van der Waals surface area contributed by atoms with Gasteiger partial charge in [0.25, 0.3) is 11.8 Å². The molecule has 0 saturated carbocycles. The molecule has 0 aromatic heterocycles. The topological polar surface area (TPSA) is 69.6 Å². The third kappa shape index (κ3) is 6.49. The first-order valence-electron chi connectivity index (χ1n) is 10.4. The molecule has 7 heteroatoms. The predicted octanol–water partition coefficient (Wildman–Crippen LogP) is 4.72. The summed E-state index contributed by atoms with van der Waals surface area (Å²) in [7, 11) is 0. The number of nitrogens with zero attached hydrogens (tertiary/aromatic N) is 1. The fraction of sp³-hybridized carbons (Fsp3) is 0.333. The van der Waals surface area contributed by atoms with Crippen LogP contribution in [-0.2, 0) is 22.4 Å². The minimum absolute atomic E-state index is 0.141. The summed E-state index contributed by atoms with van der Waals surface area (Å²) in [6.45, 7) is 1.10. The standard InChI is InChI=1S/C24H26Cl2N2O3/c25-20-12-11-18(15-21(20)26)10-6-13-27-23(30)19-16-28(24(31)22(19)29)14-5-4-9-17-7-2-1-3-8-17/h1-3,7-8,11-12,15,29H,4-6,9-10,13-14,16H2,(H,27,30). The molecule has 3 rings (SSSR count). The van der Waals surface area contributed by atoms with Gasteiger partial charge < -0.3 is 15.3 Å². The van der Waals surface area contributed by atoms with Gasteiger partial charge in [0.1, 0.15) is 0 Å². The normalized spacial score (nSPS) is 13.7. The van der Waals surface area contributed by atoms with E-state index in [9.17, 15) is 14.7 Å². The zero-order valence-electron chi connectivity index (χ0n) is 17.2. The van der Waals surface area contributed by atoms with E-state index in [-0.39, 0.29) is 12.1 Å². The van der Waals surface area contributed by atoms with Gasteiger partial charge in [-0.2, -0.15) is 0 Å². The third-order valence-electron chi connectivity index (χ3n) is 5.30. The Hall–Kier alpha value is -2.50. The second-order valence-corrected chi connectivity index (χ2v) is 8.42. The smallest absolute Gasteiger partial charge is 0.289 e. The highest BCUT2D eigenvalue weighted by Gasteiger charge is 2.33. The number of carbonyl (C=O) groups excluding carboxylic acids is 2. The van der Waals surface area contributed by atoms with Crippen LogP contribution in [0.5, 0.6) is 0 Å². The highest BCUT2D eigenvalue weighted by Crippen LogP contribution is 2.23. The van der Waals surface area contributed by atoms with Gasteiger partial charge in [-0.1, -0.05) is 59.6 Å². The van der Waals surface area contributed by atoms with Gasteiger partial charge in [0.2, 0.25) is 0 Å². The van der Waals surface area contributed by atoms with Gasteiger partial charge in [-0.05, 0) is 55.4 Å². The first-order chi connectivity index (χ1) is 15.0. The number of aliphatic hydroxyl groups excluding tert-OH is 1. The number of rotatable bonds is 10. The highest BCUT2D eigenvalue weighted by atomic mass is 35.5. The van der Waals surface area contributed by atoms with E-state index in [1.807, 2.05) is 30.3 Å². The van der Waals surface area contributed by atoms with E-state index in [1.165, 1.54) is 10.5 Å². The summed E-state index contributed by atoms with van der Waals surface area (Å²) < 4.78 is 0. The van der Waals surface area contributed by atoms with Crippen LogP contribution in [0.4, 0.5) is 0 Å². The summed E-state index contributed by atoms with van der Waals surface area (Å²) in [6.07, 6.45) is 4.12. The molecular formula is C24H26Cl2N2O3. The van der Waals surface area contributed by atoms with E-state index in [0.717, 1.165) is 31.2 Å². The lowest BCUT2D eigenvalue weighted by molar-refractivity contribution is -0.127. The molecular weight excluding hydrogens is 435 g/mol. The van der Waals surface area contributed by atoms with Gasteiger partial charge in [-0.25, -0.2) is 0 Å². The Labute approximate surface area is 192 Å². The molecule has 2 amide bonds. The van der Waals surface area contributed by atoms with E-state index in [2.05, 4.69) is 17.4 Å². The fourth-order valence-corrected chi connectivity index (χ4v) is 3.87. The average Bonchev–Trinajstić information content (AvgIpc) is 3.06. The lowest BCUT2D eigenvalue weighted by Crippen LogP contribution is -2.31. The Morgan fingerprint density at radius 2 is 1.71 bits per heavy atom. The minimum Gasteiger partial charge on any atom is -0.503 e. The Morgan fingerprint density at radius 1 is 0.968 bits per heavy atom. The minimum atomic E-state index is -0.472. The van der Waals surface area contributed by atoms with Crippen molar-refractivity contribution in [2.75, 3.05) is 19.6 Å². The molecule has 164 valence electrons. The summed E-state index contributed by atoms with van der Waals surface area (Å²) in [5, 5.41) is 13.9. The van der Waals surface area contributed by atoms with Crippen LogP contribution in [-0.4, -0.2) is 41.5 Å². The van der Waals surface area contributed by atoms with Crippen molar-refractivity contribution in [3.05, 3.63) is 81.0 Å². The second kappa shape index (κ2) is 11.2. The van der Waals surface area contributed by atoms with Gasteiger partial charge in [0.15, 0.2) is 5.76 Å². The van der Waals surface area contributed by atoms with Crippen molar-refractivity contribution in [3.63, 3.8) is 0 Å². The van der Waals surface area contributed by atoms with Crippen LogP contribution in [0.2, 0.25) is 10.0 Å². The van der Waals surface area contributed by atoms with E-state index in [4.69, 9.17) is 23.2 Å². The first-order valence-corrected chi connectivity index (χ1v) is 11.2. The number of hydrogen-bond acceptors (Lipinski definition) is 3. The van der Waals surface area contributed by atoms with Crippen LogP contribution in [0.25, 0.3) is 0 Å². The van der Waals surface area contributed by atoms with Crippen LogP contribution in [0.3, 0.4) is 0 Å². The van der Waals surface area contributed by atoms with Gasteiger partial charge in [-0.3, -0.25) is 9.59 Å². The van der Waals surface area contributed by atoms with Gasteiger partial charge >= 0.3 is 0 Å². The van der Waals surface area contributed by atoms with Crippen LogP contribution >= 0.6 is 23.2 Å². The molecule has 2 N–H and O–H groups in total. The maximum atomic E-state index is 12.4. The second-order valence-electron chi connectivity index (χ2n) is 7.60. The summed E-state index contributed by atoms with van der Waals surface area (Å²) in [4.78, 5) is 26.2. The molecule has 0 bridgehead atoms. The average molecular weight is 461 g/mol. The number of halogens is 2. The molecule has 0 radical (unpaired) electrons. The Bertz CT molecular complexity index is 961. The predicted molar refractivity (Wildman–Crippen MR) is 123 cm³/mol. The maximum absolute atomic E-state index is 12.4. The van der Waals surface area contributed by atoms with E-state index in [0.29, 0.717) is 29.6 Å². The van der Waals surface area contributed by atoms with Crippen LogP contribution < -0.4 is 5.32 Å². The van der Waals surface area contributed by atoms with Crippen molar-refractivity contribution in [3.8, 4) is 0 Å². The quantitative estimate of drug-likeness (QED) is 0.503. The van der Waals surface area contributed by atoms with Crippen LogP contribution in [0.15, 0.2) is 59.9 Å². The van der Waals surface area contributed by atoms with Crippen molar-refractivity contribution in [1.82, 2.24) is 10.2 Å². The Morgan fingerprint density at radius 3 is 2.45 bits per heavy atom. The van der Waals surface area contributed by atoms with Crippen molar-refractivity contribution >= 4 is 35.0 Å². The van der Waals surface area contributed by atoms with Crippen molar-refractivity contribution in [2.45, 2.75) is 32.1 Å². The van der Waals surface area contributed by atoms with Gasteiger partial charge in [0.05, 0.1) is 22.2 Å². The molecule has 0 saturated heterocycles. The Balaban J connectivity index is 1.39. The number of benzene rings is 2. The lowest BCUT2D eigenvalue weighted by atomic mass is 10.1. The summed E-state index contributed by atoms with van der Waals surface area (Å²) in [5.41, 5.74) is 2.43. The third-order valence-corrected chi connectivity index (χ3v) is 6.04. The summed E-state index contributed by atoms with van der Waals surface area (Å²) >= 11 is 11.9. The monoisotopic (exact) mass is 460 g/mol. The van der Waals surface area contributed by atoms with Gasteiger partial charge in [-0.15, -0.1) is 0 Å². The highest BCUT2D eigenvalue weighted by molar-refractivity contribution is 6.42. The van der Waals surface area contributed by atoms with E-state index in [1.54, 1.807) is 6.07 Å². The van der Waals surface area contributed by atoms with E-state index < -0.39 is 17.6 Å². The van der Waals surface area contributed by atoms with Crippen molar-refractivity contribution in [1.29, 1.82) is 0 Å². The zero-order chi connectivity index (χ0) is 22.2. The van der Waals surface area contributed by atoms with Crippen LogP contribution in [0.1, 0.15) is 30.4 Å². The fourth-order valence-electron chi connectivity index (χ4n) is 3.55.